The molecule has 1 unspecified atom stereocenters. The van der Waals surface area contributed by atoms with Gasteiger partial charge in [0.15, 0.2) is 0 Å². The van der Waals surface area contributed by atoms with Gasteiger partial charge in [0.25, 0.3) is 0 Å². The summed E-state index contributed by atoms with van der Waals surface area (Å²) in [7, 11) is 3.63. The minimum atomic E-state index is 0.129. The molecule has 19 heavy (non-hydrogen) atoms. The van der Waals surface area contributed by atoms with Crippen LogP contribution in [-0.2, 0) is 0 Å². The third-order valence-electron chi connectivity index (χ3n) is 3.42. The van der Waals surface area contributed by atoms with Crippen LogP contribution in [-0.4, -0.2) is 19.1 Å². The zero-order valence-corrected chi connectivity index (χ0v) is 11.9. The number of hydrogen-bond acceptors (Lipinski definition) is 3. The van der Waals surface area contributed by atoms with Crippen molar-refractivity contribution < 1.29 is 4.74 Å². The van der Waals surface area contributed by atoms with Crippen LogP contribution in [0.25, 0.3) is 0 Å². The molecule has 0 aliphatic heterocycles. The standard InChI is InChI=1S/C16H20N2O/c1-11-6-5-7-12(2)15(11)16(17-3)13-8-14(19-4)10-18-9-13/h5-10,16-17H,1-4H3. The van der Waals surface area contributed by atoms with Crippen LogP contribution in [0.3, 0.4) is 0 Å². The van der Waals surface area contributed by atoms with Crippen molar-refractivity contribution in [1.29, 1.82) is 0 Å². The average Bonchev–Trinajstić information content (AvgIpc) is 2.43. The molecule has 0 saturated heterocycles. The Morgan fingerprint density at radius 1 is 1.16 bits per heavy atom. The minimum Gasteiger partial charge on any atom is -0.495 e. The molecule has 0 spiro atoms. The van der Waals surface area contributed by atoms with Gasteiger partial charge >= 0.3 is 0 Å². The third-order valence-corrected chi connectivity index (χ3v) is 3.42. The van der Waals surface area contributed by atoms with Crippen LogP contribution in [0.4, 0.5) is 0 Å². The van der Waals surface area contributed by atoms with Crippen LogP contribution in [0.1, 0.15) is 28.3 Å². The summed E-state index contributed by atoms with van der Waals surface area (Å²) >= 11 is 0. The lowest BCUT2D eigenvalue weighted by Gasteiger charge is -2.21. The van der Waals surface area contributed by atoms with Crippen LogP contribution in [0.2, 0.25) is 0 Å². The molecule has 1 N–H and O–H groups in total. The summed E-state index contributed by atoms with van der Waals surface area (Å²) < 4.78 is 5.26. The Morgan fingerprint density at radius 3 is 2.42 bits per heavy atom. The maximum atomic E-state index is 5.26. The van der Waals surface area contributed by atoms with E-state index >= 15 is 0 Å². The van der Waals surface area contributed by atoms with Crippen molar-refractivity contribution in [3.05, 3.63) is 58.9 Å². The molecule has 1 heterocycles. The van der Waals surface area contributed by atoms with E-state index in [9.17, 15) is 0 Å². The van der Waals surface area contributed by atoms with Gasteiger partial charge in [0.1, 0.15) is 5.75 Å². The Morgan fingerprint density at radius 2 is 1.84 bits per heavy atom. The minimum absolute atomic E-state index is 0.129. The quantitative estimate of drug-likeness (QED) is 0.913. The topological polar surface area (TPSA) is 34.2 Å². The fraction of sp³-hybridized carbons (Fsp3) is 0.312. The number of rotatable bonds is 4. The summed E-state index contributed by atoms with van der Waals surface area (Å²) in [6.45, 7) is 4.28. The number of ether oxygens (including phenoxy) is 1. The van der Waals surface area contributed by atoms with E-state index in [-0.39, 0.29) is 6.04 Å². The number of hydrogen-bond donors (Lipinski definition) is 1. The van der Waals surface area contributed by atoms with Crippen molar-refractivity contribution in [1.82, 2.24) is 10.3 Å². The number of benzene rings is 1. The zero-order valence-electron chi connectivity index (χ0n) is 11.9. The molecule has 0 aliphatic carbocycles. The fourth-order valence-corrected chi connectivity index (χ4v) is 2.47. The maximum absolute atomic E-state index is 5.26. The Labute approximate surface area is 114 Å². The highest BCUT2D eigenvalue weighted by Gasteiger charge is 2.17. The van der Waals surface area contributed by atoms with Gasteiger partial charge in [-0.15, -0.1) is 0 Å². The molecule has 0 amide bonds. The van der Waals surface area contributed by atoms with Gasteiger partial charge < -0.3 is 10.1 Å². The Hall–Kier alpha value is -1.87. The molecule has 2 rings (SSSR count). The third kappa shape index (κ3) is 2.76. The van der Waals surface area contributed by atoms with Crippen LogP contribution < -0.4 is 10.1 Å². The molecule has 1 atom stereocenters. The van der Waals surface area contributed by atoms with E-state index in [0.717, 1.165) is 11.3 Å². The summed E-state index contributed by atoms with van der Waals surface area (Å²) in [6, 6.07) is 8.52. The number of nitrogens with one attached hydrogen (secondary N) is 1. The predicted molar refractivity (Wildman–Crippen MR) is 77.6 cm³/mol. The number of aromatic nitrogens is 1. The number of aryl methyl sites for hydroxylation is 2. The molecule has 0 fully saturated rings. The van der Waals surface area contributed by atoms with Crippen molar-refractivity contribution in [3.8, 4) is 5.75 Å². The molecule has 2 aromatic rings. The maximum Gasteiger partial charge on any atom is 0.137 e. The van der Waals surface area contributed by atoms with Crippen LogP contribution in [0.15, 0.2) is 36.7 Å². The summed E-state index contributed by atoms with van der Waals surface area (Å²) in [5, 5.41) is 3.37. The van der Waals surface area contributed by atoms with Gasteiger partial charge in [-0.1, -0.05) is 18.2 Å². The second kappa shape index (κ2) is 5.85. The molecule has 0 saturated carbocycles. The van der Waals surface area contributed by atoms with E-state index in [0.29, 0.717) is 0 Å². The zero-order chi connectivity index (χ0) is 13.8. The van der Waals surface area contributed by atoms with Gasteiger partial charge in [-0.3, -0.25) is 4.98 Å². The fourth-order valence-electron chi connectivity index (χ4n) is 2.47. The van der Waals surface area contributed by atoms with Crippen molar-refractivity contribution >= 4 is 0 Å². The summed E-state index contributed by atoms with van der Waals surface area (Å²) in [4.78, 5) is 4.24. The van der Waals surface area contributed by atoms with E-state index in [1.165, 1.54) is 16.7 Å². The van der Waals surface area contributed by atoms with Crippen LogP contribution >= 0.6 is 0 Å². The Bertz CT molecular complexity index is 546. The number of nitrogens with zero attached hydrogens (tertiary/aromatic N) is 1. The number of pyridine rings is 1. The van der Waals surface area contributed by atoms with Crippen molar-refractivity contribution in [2.75, 3.05) is 14.2 Å². The Kier molecular flexibility index (Phi) is 4.17. The molecule has 0 bridgehead atoms. The lowest BCUT2D eigenvalue weighted by molar-refractivity contribution is 0.411. The molecular weight excluding hydrogens is 236 g/mol. The molecule has 100 valence electrons. The summed E-state index contributed by atoms with van der Waals surface area (Å²) in [6.07, 6.45) is 3.61. The molecule has 1 aromatic carbocycles. The van der Waals surface area contributed by atoms with Gasteiger partial charge in [-0.2, -0.15) is 0 Å². The van der Waals surface area contributed by atoms with E-state index in [2.05, 4.69) is 42.3 Å². The van der Waals surface area contributed by atoms with Gasteiger partial charge in [0.2, 0.25) is 0 Å². The van der Waals surface area contributed by atoms with Crippen LogP contribution in [0, 0.1) is 13.8 Å². The van der Waals surface area contributed by atoms with Gasteiger partial charge in [0, 0.05) is 6.20 Å². The highest BCUT2D eigenvalue weighted by atomic mass is 16.5. The molecular formula is C16H20N2O. The van der Waals surface area contributed by atoms with E-state index in [4.69, 9.17) is 4.74 Å². The lowest BCUT2D eigenvalue weighted by atomic mass is 9.92. The normalized spacial score (nSPS) is 12.2. The highest BCUT2D eigenvalue weighted by Crippen LogP contribution is 2.28. The Balaban J connectivity index is 2.50. The smallest absolute Gasteiger partial charge is 0.137 e. The van der Waals surface area contributed by atoms with Gasteiger partial charge in [0.05, 0.1) is 19.3 Å². The first-order chi connectivity index (χ1) is 9.17. The first-order valence-corrected chi connectivity index (χ1v) is 6.39. The molecule has 3 nitrogen and oxygen atoms in total. The largest absolute Gasteiger partial charge is 0.495 e. The summed E-state index contributed by atoms with van der Waals surface area (Å²) in [5.74, 6) is 0.781. The predicted octanol–water partition coefficient (Wildman–Crippen LogP) is 3.02. The molecule has 0 radical (unpaired) electrons. The lowest BCUT2D eigenvalue weighted by Crippen LogP contribution is -2.20. The average molecular weight is 256 g/mol. The second-order valence-corrected chi connectivity index (χ2v) is 4.69. The van der Waals surface area contributed by atoms with E-state index in [1.807, 2.05) is 19.3 Å². The highest BCUT2D eigenvalue weighted by molar-refractivity contribution is 5.42. The first-order valence-electron chi connectivity index (χ1n) is 6.39. The SMILES string of the molecule is CNC(c1cncc(OC)c1)c1c(C)cccc1C. The number of methoxy groups -OCH3 is 1. The van der Waals surface area contributed by atoms with Crippen molar-refractivity contribution in [2.45, 2.75) is 19.9 Å². The monoisotopic (exact) mass is 256 g/mol. The van der Waals surface area contributed by atoms with Crippen LogP contribution in [0.5, 0.6) is 5.75 Å². The van der Waals surface area contributed by atoms with E-state index in [1.54, 1.807) is 13.3 Å². The van der Waals surface area contributed by atoms with Crippen molar-refractivity contribution in [3.63, 3.8) is 0 Å². The summed E-state index contributed by atoms with van der Waals surface area (Å²) in [5.41, 5.74) is 4.98. The van der Waals surface area contributed by atoms with Gasteiger partial charge in [-0.25, -0.2) is 0 Å². The van der Waals surface area contributed by atoms with Gasteiger partial charge in [-0.05, 0) is 49.2 Å². The molecule has 1 aromatic heterocycles. The first kappa shape index (κ1) is 13.6. The second-order valence-electron chi connectivity index (χ2n) is 4.69. The van der Waals surface area contributed by atoms with E-state index < -0.39 is 0 Å². The molecule has 0 aliphatic rings. The molecule has 3 heteroatoms. The van der Waals surface area contributed by atoms with Crippen molar-refractivity contribution in [2.24, 2.45) is 0 Å².